The smallest absolute Gasteiger partial charge is 0.210 e. The maximum absolute atomic E-state index is 13.6. The van der Waals surface area contributed by atoms with Crippen molar-refractivity contribution in [3.63, 3.8) is 0 Å². The summed E-state index contributed by atoms with van der Waals surface area (Å²) < 4.78 is 19.6. The summed E-state index contributed by atoms with van der Waals surface area (Å²) in [5.41, 5.74) is 0.468. The molecule has 1 aliphatic heterocycles. The fraction of sp³-hybridized carbons (Fsp3) is 0.211. The molecule has 0 atom stereocenters. The van der Waals surface area contributed by atoms with Crippen molar-refractivity contribution in [2.24, 2.45) is 0 Å². The summed E-state index contributed by atoms with van der Waals surface area (Å²) >= 11 is 7.98. The number of thioether (sulfide) groups is 1. The van der Waals surface area contributed by atoms with Gasteiger partial charge in [0.25, 0.3) is 0 Å². The molecular weight excluding hydrogens is 347 g/mol. The molecule has 0 amide bonds. The van der Waals surface area contributed by atoms with E-state index in [1.165, 1.54) is 12.1 Å². The number of carbonyl (C=O) groups is 1. The highest BCUT2D eigenvalue weighted by Gasteiger charge is 2.43. The standard InChI is InChI=1S/C19H16ClFO2S/c1-19(2)18(22)16(11-5-4-6-12(21)9-11)17(23-19)14-8-7-13(24-3)10-15(14)20/h4-10H,1-3H3. The van der Waals surface area contributed by atoms with Gasteiger partial charge in [0.2, 0.25) is 5.78 Å². The summed E-state index contributed by atoms with van der Waals surface area (Å²) in [7, 11) is 0. The molecule has 1 heterocycles. The minimum absolute atomic E-state index is 0.187. The number of rotatable bonds is 3. The Morgan fingerprint density at radius 2 is 1.92 bits per heavy atom. The first-order valence-electron chi connectivity index (χ1n) is 7.41. The van der Waals surface area contributed by atoms with Gasteiger partial charge in [-0.1, -0.05) is 23.7 Å². The molecular formula is C19H16ClFO2S. The van der Waals surface area contributed by atoms with Crippen molar-refractivity contribution in [2.45, 2.75) is 24.3 Å². The van der Waals surface area contributed by atoms with Gasteiger partial charge in [0.05, 0.1) is 10.6 Å². The molecule has 2 nitrogen and oxygen atoms in total. The van der Waals surface area contributed by atoms with Gasteiger partial charge in [-0.15, -0.1) is 11.8 Å². The Hall–Kier alpha value is -1.78. The second kappa shape index (κ2) is 6.26. The summed E-state index contributed by atoms with van der Waals surface area (Å²) in [4.78, 5) is 13.8. The Kier molecular flexibility index (Phi) is 4.45. The van der Waals surface area contributed by atoms with Crippen LogP contribution in [0.15, 0.2) is 47.4 Å². The van der Waals surface area contributed by atoms with Crippen LogP contribution in [0.5, 0.6) is 0 Å². The molecule has 0 aliphatic carbocycles. The summed E-state index contributed by atoms with van der Waals surface area (Å²) in [6.07, 6.45) is 1.96. The molecule has 24 heavy (non-hydrogen) atoms. The quantitative estimate of drug-likeness (QED) is 0.679. The maximum atomic E-state index is 13.6. The first-order chi connectivity index (χ1) is 11.3. The second-order valence-electron chi connectivity index (χ2n) is 6.00. The number of benzene rings is 2. The normalized spacial score (nSPS) is 16.5. The van der Waals surface area contributed by atoms with Crippen molar-refractivity contribution >= 4 is 40.5 Å². The van der Waals surface area contributed by atoms with E-state index in [0.29, 0.717) is 27.5 Å². The third kappa shape index (κ3) is 2.96. The topological polar surface area (TPSA) is 26.3 Å². The van der Waals surface area contributed by atoms with Gasteiger partial charge in [-0.25, -0.2) is 4.39 Å². The Bertz CT molecular complexity index is 858. The van der Waals surface area contributed by atoms with Crippen LogP contribution < -0.4 is 0 Å². The Morgan fingerprint density at radius 1 is 1.17 bits per heavy atom. The highest BCUT2D eigenvalue weighted by molar-refractivity contribution is 7.98. The first kappa shape index (κ1) is 17.1. The molecule has 0 saturated heterocycles. The van der Waals surface area contributed by atoms with Gasteiger partial charge in [0.1, 0.15) is 11.6 Å². The van der Waals surface area contributed by atoms with Crippen LogP contribution in [0, 0.1) is 5.82 Å². The summed E-state index contributed by atoms with van der Waals surface area (Å²) in [5.74, 6) is -0.193. The molecule has 2 aromatic carbocycles. The highest BCUT2D eigenvalue weighted by atomic mass is 35.5. The van der Waals surface area contributed by atoms with Crippen molar-refractivity contribution < 1.29 is 13.9 Å². The molecule has 3 rings (SSSR count). The SMILES string of the molecule is CSc1ccc(C2=C(c3cccc(F)c3)C(=O)C(C)(C)O2)c(Cl)c1. The van der Waals surface area contributed by atoms with Crippen LogP contribution in [0.25, 0.3) is 11.3 Å². The molecule has 0 saturated carbocycles. The van der Waals surface area contributed by atoms with Gasteiger partial charge in [-0.2, -0.15) is 0 Å². The molecule has 2 aromatic rings. The van der Waals surface area contributed by atoms with Gasteiger partial charge in [0, 0.05) is 10.5 Å². The molecule has 0 aromatic heterocycles. The molecule has 0 radical (unpaired) electrons. The highest BCUT2D eigenvalue weighted by Crippen LogP contribution is 2.43. The van der Waals surface area contributed by atoms with Gasteiger partial charge < -0.3 is 4.74 Å². The predicted molar refractivity (Wildman–Crippen MR) is 96.6 cm³/mol. The minimum atomic E-state index is -1.02. The zero-order chi connectivity index (χ0) is 17.5. The number of carbonyl (C=O) groups excluding carboxylic acids is 1. The largest absolute Gasteiger partial charge is 0.478 e. The monoisotopic (exact) mass is 362 g/mol. The average Bonchev–Trinajstić information content (AvgIpc) is 2.77. The van der Waals surface area contributed by atoms with Crippen LogP contribution in [0.3, 0.4) is 0 Å². The van der Waals surface area contributed by atoms with E-state index in [0.717, 1.165) is 4.90 Å². The Morgan fingerprint density at radius 3 is 2.54 bits per heavy atom. The average molecular weight is 363 g/mol. The van der Waals surface area contributed by atoms with Crippen molar-refractivity contribution in [3.05, 3.63) is 64.4 Å². The second-order valence-corrected chi connectivity index (χ2v) is 7.29. The molecule has 124 valence electrons. The molecule has 0 fully saturated rings. The summed E-state index contributed by atoms with van der Waals surface area (Å²) in [6.45, 7) is 3.40. The van der Waals surface area contributed by atoms with E-state index in [1.807, 2.05) is 24.5 Å². The summed E-state index contributed by atoms with van der Waals surface area (Å²) in [6, 6.07) is 11.5. The fourth-order valence-electron chi connectivity index (χ4n) is 2.66. The lowest BCUT2D eigenvalue weighted by Crippen LogP contribution is -2.29. The molecule has 0 spiro atoms. The van der Waals surface area contributed by atoms with E-state index in [1.54, 1.807) is 37.7 Å². The van der Waals surface area contributed by atoms with Gasteiger partial charge in [0.15, 0.2) is 5.60 Å². The number of Topliss-reactive ketones (excluding diaryl/α,β-unsaturated/α-hetero) is 1. The van der Waals surface area contributed by atoms with Gasteiger partial charge >= 0.3 is 0 Å². The number of hydrogen-bond acceptors (Lipinski definition) is 3. The van der Waals surface area contributed by atoms with Gasteiger partial charge in [-0.05, 0) is 56.0 Å². The molecule has 0 N–H and O–H groups in total. The first-order valence-corrected chi connectivity index (χ1v) is 9.01. The Balaban J connectivity index is 2.22. The lowest BCUT2D eigenvalue weighted by atomic mass is 9.92. The zero-order valence-corrected chi connectivity index (χ0v) is 15.1. The van der Waals surface area contributed by atoms with E-state index in [-0.39, 0.29) is 5.78 Å². The van der Waals surface area contributed by atoms with E-state index < -0.39 is 11.4 Å². The van der Waals surface area contributed by atoms with Crippen molar-refractivity contribution in [1.29, 1.82) is 0 Å². The van der Waals surface area contributed by atoms with E-state index in [4.69, 9.17) is 16.3 Å². The third-order valence-electron chi connectivity index (χ3n) is 3.89. The fourth-order valence-corrected chi connectivity index (χ4v) is 3.43. The van der Waals surface area contributed by atoms with E-state index >= 15 is 0 Å². The van der Waals surface area contributed by atoms with E-state index in [9.17, 15) is 9.18 Å². The number of ether oxygens (including phenoxy) is 1. The van der Waals surface area contributed by atoms with Crippen LogP contribution in [-0.2, 0) is 9.53 Å². The van der Waals surface area contributed by atoms with Gasteiger partial charge in [-0.3, -0.25) is 4.79 Å². The van der Waals surface area contributed by atoms with Crippen molar-refractivity contribution in [2.75, 3.05) is 6.26 Å². The lowest BCUT2D eigenvalue weighted by molar-refractivity contribution is -0.125. The zero-order valence-electron chi connectivity index (χ0n) is 13.5. The lowest BCUT2D eigenvalue weighted by Gasteiger charge is -2.18. The molecule has 5 heteroatoms. The summed E-state index contributed by atoms with van der Waals surface area (Å²) in [5, 5.41) is 0.497. The molecule has 0 bridgehead atoms. The van der Waals surface area contributed by atoms with Crippen LogP contribution >= 0.6 is 23.4 Å². The van der Waals surface area contributed by atoms with Crippen LogP contribution in [-0.4, -0.2) is 17.6 Å². The number of hydrogen-bond donors (Lipinski definition) is 0. The van der Waals surface area contributed by atoms with Crippen LogP contribution in [0.4, 0.5) is 4.39 Å². The van der Waals surface area contributed by atoms with Crippen molar-refractivity contribution in [3.8, 4) is 0 Å². The Labute approximate surface area is 149 Å². The number of halogens is 2. The van der Waals surface area contributed by atoms with Crippen LogP contribution in [0.2, 0.25) is 5.02 Å². The molecule has 1 aliphatic rings. The molecule has 0 unspecified atom stereocenters. The van der Waals surface area contributed by atoms with Crippen molar-refractivity contribution in [1.82, 2.24) is 0 Å². The number of ketones is 1. The van der Waals surface area contributed by atoms with Crippen LogP contribution in [0.1, 0.15) is 25.0 Å². The van der Waals surface area contributed by atoms with E-state index in [2.05, 4.69) is 0 Å². The minimum Gasteiger partial charge on any atom is -0.478 e. The third-order valence-corrected chi connectivity index (χ3v) is 4.93. The predicted octanol–water partition coefficient (Wildman–Crippen LogP) is 5.45. The maximum Gasteiger partial charge on any atom is 0.210 e.